The number of likely N-dealkylation sites (N-methyl/N-ethyl adjacent to an activating group) is 1. The van der Waals surface area contributed by atoms with Crippen LogP contribution in [0.1, 0.15) is 19.4 Å². The lowest BCUT2D eigenvalue weighted by atomic mass is 10.1. The van der Waals surface area contributed by atoms with Crippen molar-refractivity contribution >= 4 is 28.4 Å². The van der Waals surface area contributed by atoms with Crippen molar-refractivity contribution in [2.45, 2.75) is 32.9 Å². The Labute approximate surface area is 207 Å². The van der Waals surface area contributed by atoms with Crippen molar-refractivity contribution in [2.75, 3.05) is 43.4 Å². The van der Waals surface area contributed by atoms with Gasteiger partial charge in [0, 0.05) is 62.3 Å². The number of aryl methyl sites for hydroxylation is 2. The molecule has 0 atom stereocenters. The number of aromatic nitrogens is 3. The molecule has 0 aliphatic carbocycles. The van der Waals surface area contributed by atoms with E-state index in [4.69, 9.17) is 9.72 Å². The van der Waals surface area contributed by atoms with Crippen molar-refractivity contribution in [1.29, 1.82) is 0 Å². The molecule has 1 aliphatic rings. The van der Waals surface area contributed by atoms with Gasteiger partial charge >= 0.3 is 0 Å². The van der Waals surface area contributed by atoms with Crippen molar-refractivity contribution in [3.8, 4) is 5.75 Å². The molecule has 7 heteroatoms. The number of benzene rings is 2. The Morgan fingerprint density at radius 2 is 1.80 bits per heavy atom. The Balaban J connectivity index is 1.35. The monoisotopic (exact) mass is 470 g/mol. The van der Waals surface area contributed by atoms with Gasteiger partial charge in [-0.1, -0.05) is 30.3 Å². The Kier molecular flexibility index (Phi) is 6.86. The third kappa shape index (κ3) is 5.57. The second-order valence-corrected chi connectivity index (χ2v) is 9.48. The predicted octanol–water partition coefficient (Wildman–Crippen LogP) is 4.96. The first-order valence-corrected chi connectivity index (χ1v) is 12.4. The Hall–Kier alpha value is -3.58. The number of hydrogen-bond donors (Lipinski definition) is 1. The highest BCUT2D eigenvalue weighted by Gasteiger charge is 2.19. The molecule has 4 aromatic rings. The van der Waals surface area contributed by atoms with E-state index in [-0.39, 0.29) is 6.10 Å². The highest BCUT2D eigenvalue weighted by molar-refractivity contribution is 5.77. The number of anilines is 3. The quantitative estimate of drug-likeness (QED) is 0.393. The van der Waals surface area contributed by atoms with Crippen molar-refractivity contribution in [1.82, 2.24) is 19.4 Å². The molecule has 0 bridgehead atoms. The number of fused-ring (bicyclic) bond motifs is 1. The summed E-state index contributed by atoms with van der Waals surface area (Å²) in [6, 6.07) is 18.9. The van der Waals surface area contributed by atoms with E-state index in [1.165, 1.54) is 5.56 Å². The number of hydrogen-bond acceptors (Lipinski definition) is 6. The maximum atomic E-state index is 6.21. The molecule has 0 amide bonds. The molecular formula is C28H34N6O. The first-order valence-electron chi connectivity index (χ1n) is 12.4. The van der Waals surface area contributed by atoms with Gasteiger partial charge in [0.15, 0.2) is 0 Å². The van der Waals surface area contributed by atoms with Crippen LogP contribution in [0.2, 0.25) is 0 Å². The first-order chi connectivity index (χ1) is 17.0. The van der Waals surface area contributed by atoms with Crippen molar-refractivity contribution < 1.29 is 4.74 Å². The third-order valence-electron chi connectivity index (χ3n) is 6.41. The van der Waals surface area contributed by atoms with Crippen LogP contribution in [0.25, 0.3) is 11.0 Å². The molecule has 2 aromatic carbocycles. The summed E-state index contributed by atoms with van der Waals surface area (Å²) in [6.45, 7) is 9.10. The molecule has 35 heavy (non-hydrogen) atoms. The molecule has 1 fully saturated rings. The normalized spacial score (nSPS) is 14.6. The summed E-state index contributed by atoms with van der Waals surface area (Å²) in [5, 5.41) is 4.44. The Morgan fingerprint density at radius 1 is 1.00 bits per heavy atom. The lowest BCUT2D eigenvalue weighted by molar-refractivity contribution is 0.241. The SMILES string of the molecule is CC(C)Oc1cc(Nc2ncc3ccn(CCc4ccccc4)c3n2)ccc1N1CCN(C)CC1. The van der Waals surface area contributed by atoms with Crippen LogP contribution < -0.4 is 15.0 Å². The highest BCUT2D eigenvalue weighted by Crippen LogP contribution is 2.34. The zero-order valence-electron chi connectivity index (χ0n) is 20.8. The van der Waals surface area contributed by atoms with E-state index in [1.807, 2.05) is 6.20 Å². The largest absolute Gasteiger partial charge is 0.489 e. The molecule has 0 unspecified atom stereocenters. The minimum Gasteiger partial charge on any atom is -0.489 e. The van der Waals surface area contributed by atoms with Gasteiger partial charge in [-0.05, 0) is 51.1 Å². The van der Waals surface area contributed by atoms with Crippen LogP contribution in [0, 0.1) is 0 Å². The van der Waals surface area contributed by atoms with Crippen LogP contribution in [0.15, 0.2) is 67.0 Å². The van der Waals surface area contributed by atoms with E-state index < -0.39 is 0 Å². The van der Waals surface area contributed by atoms with Gasteiger partial charge in [-0.3, -0.25) is 0 Å². The van der Waals surface area contributed by atoms with Gasteiger partial charge in [-0.25, -0.2) is 4.98 Å². The van der Waals surface area contributed by atoms with Gasteiger partial charge in [0.2, 0.25) is 5.95 Å². The molecule has 0 spiro atoms. The molecule has 1 saturated heterocycles. The van der Waals surface area contributed by atoms with Gasteiger partial charge in [-0.2, -0.15) is 4.98 Å². The summed E-state index contributed by atoms with van der Waals surface area (Å²) in [5.41, 5.74) is 4.31. The van der Waals surface area contributed by atoms with E-state index >= 15 is 0 Å². The topological polar surface area (TPSA) is 58.5 Å². The van der Waals surface area contributed by atoms with Crippen LogP contribution in [0.4, 0.5) is 17.3 Å². The average Bonchev–Trinajstić information content (AvgIpc) is 3.26. The molecule has 1 aliphatic heterocycles. The minimum absolute atomic E-state index is 0.0944. The third-order valence-corrected chi connectivity index (χ3v) is 6.41. The fourth-order valence-corrected chi connectivity index (χ4v) is 4.48. The smallest absolute Gasteiger partial charge is 0.229 e. The fourth-order valence-electron chi connectivity index (χ4n) is 4.48. The zero-order valence-corrected chi connectivity index (χ0v) is 20.8. The van der Waals surface area contributed by atoms with E-state index in [2.05, 4.69) is 106 Å². The lowest BCUT2D eigenvalue weighted by Gasteiger charge is -2.35. The van der Waals surface area contributed by atoms with Crippen LogP contribution in [-0.2, 0) is 13.0 Å². The molecule has 0 radical (unpaired) electrons. The maximum Gasteiger partial charge on any atom is 0.229 e. The summed E-state index contributed by atoms with van der Waals surface area (Å²) in [4.78, 5) is 14.2. The van der Waals surface area contributed by atoms with Crippen LogP contribution in [0.5, 0.6) is 5.75 Å². The summed E-state index contributed by atoms with van der Waals surface area (Å²) in [6.07, 6.45) is 5.03. The summed E-state index contributed by atoms with van der Waals surface area (Å²) < 4.78 is 8.41. The first kappa shape index (κ1) is 23.2. The molecule has 5 rings (SSSR count). The van der Waals surface area contributed by atoms with Crippen LogP contribution in [-0.4, -0.2) is 58.8 Å². The standard InChI is InChI=1S/C28H34N6O/c1-21(2)35-26-19-24(9-10-25(26)33-17-15-32(3)16-18-33)30-28-29-20-23-12-14-34(27(23)31-28)13-11-22-7-5-4-6-8-22/h4-10,12,14,19-21H,11,13,15-18H2,1-3H3,(H,29,30,31). The summed E-state index contributed by atoms with van der Waals surface area (Å²) >= 11 is 0. The van der Waals surface area contributed by atoms with Crippen molar-refractivity contribution in [2.24, 2.45) is 0 Å². The molecule has 7 nitrogen and oxygen atoms in total. The molecule has 3 heterocycles. The lowest BCUT2D eigenvalue weighted by Crippen LogP contribution is -2.44. The van der Waals surface area contributed by atoms with Gasteiger partial charge < -0.3 is 24.4 Å². The van der Waals surface area contributed by atoms with E-state index in [0.29, 0.717) is 5.95 Å². The van der Waals surface area contributed by atoms with Gasteiger partial charge in [0.1, 0.15) is 11.4 Å². The number of nitrogens with one attached hydrogen (secondary N) is 1. The maximum absolute atomic E-state index is 6.21. The van der Waals surface area contributed by atoms with Crippen LogP contribution in [0.3, 0.4) is 0 Å². The van der Waals surface area contributed by atoms with Gasteiger partial charge in [-0.15, -0.1) is 0 Å². The number of nitrogens with zero attached hydrogens (tertiary/aromatic N) is 5. The number of ether oxygens (including phenoxy) is 1. The fraction of sp³-hybridized carbons (Fsp3) is 0.357. The van der Waals surface area contributed by atoms with E-state index in [0.717, 1.165) is 67.3 Å². The second kappa shape index (κ2) is 10.4. The molecule has 0 saturated carbocycles. The number of rotatable bonds is 8. The Morgan fingerprint density at radius 3 is 2.57 bits per heavy atom. The highest BCUT2D eigenvalue weighted by atomic mass is 16.5. The molecule has 2 aromatic heterocycles. The predicted molar refractivity (Wildman–Crippen MR) is 143 cm³/mol. The zero-order chi connectivity index (χ0) is 24.2. The summed E-state index contributed by atoms with van der Waals surface area (Å²) in [7, 11) is 2.17. The van der Waals surface area contributed by atoms with Crippen molar-refractivity contribution in [3.63, 3.8) is 0 Å². The van der Waals surface area contributed by atoms with Crippen molar-refractivity contribution in [3.05, 3.63) is 72.6 Å². The molecular weight excluding hydrogens is 436 g/mol. The van der Waals surface area contributed by atoms with Gasteiger partial charge in [0.05, 0.1) is 11.8 Å². The summed E-state index contributed by atoms with van der Waals surface area (Å²) in [5.74, 6) is 1.47. The molecule has 1 N–H and O–H groups in total. The van der Waals surface area contributed by atoms with Gasteiger partial charge in [0.25, 0.3) is 0 Å². The average molecular weight is 471 g/mol. The van der Waals surface area contributed by atoms with Crippen LogP contribution >= 0.6 is 0 Å². The Bertz CT molecular complexity index is 1260. The van der Waals surface area contributed by atoms with E-state index in [1.54, 1.807) is 0 Å². The second-order valence-electron chi connectivity index (χ2n) is 9.48. The molecule has 182 valence electrons. The van der Waals surface area contributed by atoms with E-state index in [9.17, 15) is 0 Å². The number of piperazine rings is 1. The minimum atomic E-state index is 0.0944.